The van der Waals surface area contributed by atoms with Crippen LogP contribution in [0.2, 0.25) is 0 Å². The largest absolute Gasteiger partial charge is 0.507 e. The number of nitrogens with zero attached hydrogens (tertiary/aromatic N) is 2. The van der Waals surface area contributed by atoms with Gasteiger partial charge in [0.25, 0.3) is 11.8 Å². The van der Waals surface area contributed by atoms with Gasteiger partial charge in [0.05, 0.1) is 37.4 Å². The number of fused-ring (bicyclic) bond motifs is 5. The number of ether oxygens (including phenoxy) is 2. The van der Waals surface area contributed by atoms with E-state index in [1.54, 1.807) is 74.9 Å². The van der Waals surface area contributed by atoms with Crippen LogP contribution in [0, 0.1) is 23.6 Å². The van der Waals surface area contributed by atoms with Gasteiger partial charge in [-0.1, -0.05) is 66.3 Å². The highest BCUT2D eigenvalue weighted by Crippen LogP contribution is 2.66. The van der Waals surface area contributed by atoms with Crippen LogP contribution in [0.5, 0.6) is 17.2 Å². The number of allylic oxidation sites excluding steroid dienone is 2. The Labute approximate surface area is 342 Å². The van der Waals surface area contributed by atoms with E-state index in [2.05, 4.69) is 0 Å². The number of alkyl halides is 2. The molecule has 5 aromatic rings. The summed E-state index contributed by atoms with van der Waals surface area (Å²) in [5.41, 5.74) is 3.23. The molecule has 3 fully saturated rings. The van der Waals surface area contributed by atoms with Crippen LogP contribution in [0.25, 0.3) is 22.9 Å². The van der Waals surface area contributed by atoms with E-state index in [0.29, 0.717) is 39.1 Å². The maximum atomic E-state index is 14.8. The van der Waals surface area contributed by atoms with Crippen molar-refractivity contribution in [1.82, 2.24) is 0 Å². The van der Waals surface area contributed by atoms with Crippen LogP contribution < -0.4 is 19.3 Å². The van der Waals surface area contributed by atoms with Crippen LogP contribution >= 0.6 is 23.2 Å². The van der Waals surface area contributed by atoms with Crippen molar-refractivity contribution in [2.45, 2.75) is 28.5 Å². The number of anilines is 2. The Morgan fingerprint density at radius 2 is 1.45 bits per heavy atom. The summed E-state index contributed by atoms with van der Waals surface area (Å²) in [5.74, 6) is -5.17. The molecule has 0 aromatic heterocycles. The molecule has 2 aliphatic carbocycles. The van der Waals surface area contributed by atoms with E-state index >= 15 is 0 Å². The number of benzene rings is 5. The number of aromatic hydroxyl groups is 1. The number of imide groups is 2. The number of phenols is 1. The van der Waals surface area contributed by atoms with Gasteiger partial charge in [0, 0.05) is 16.9 Å². The third kappa shape index (κ3) is 5.42. The van der Waals surface area contributed by atoms with Gasteiger partial charge in [-0.15, -0.1) is 23.2 Å². The molecule has 9 nitrogen and oxygen atoms in total. The molecule has 2 saturated heterocycles. The summed E-state index contributed by atoms with van der Waals surface area (Å²) in [6.45, 7) is 0. The van der Waals surface area contributed by atoms with Crippen molar-refractivity contribution in [2.75, 3.05) is 24.0 Å². The smallest absolute Gasteiger partial charge is 0.258 e. The number of hydrogen-bond donors (Lipinski definition) is 1. The van der Waals surface area contributed by atoms with Crippen molar-refractivity contribution in [3.05, 3.63) is 137 Å². The Balaban J connectivity index is 1.11. The first-order valence-electron chi connectivity index (χ1n) is 18.7. The normalized spacial score (nSPS) is 26.5. The Hall–Kier alpha value is -5.97. The van der Waals surface area contributed by atoms with Gasteiger partial charge >= 0.3 is 0 Å². The van der Waals surface area contributed by atoms with E-state index < -0.39 is 57.0 Å². The predicted molar refractivity (Wildman–Crippen MR) is 220 cm³/mol. The second-order valence-electron chi connectivity index (χ2n) is 15.0. The monoisotopic (exact) mass is 816 g/mol. The quantitative estimate of drug-likeness (QED) is 0.0758. The molecule has 0 spiro atoms. The van der Waals surface area contributed by atoms with Crippen LogP contribution in [0.3, 0.4) is 0 Å². The molecule has 5 aromatic carbocycles. The van der Waals surface area contributed by atoms with Crippen molar-refractivity contribution in [3.63, 3.8) is 0 Å². The summed E-state index contributed by atoms with van der Waals surface area (Å²) in [6, 6.07) is 27.6. The van der Waals surface area contributed by atoms with Crippen LogP contribution in [0.15, 0.2) is 115 Å². The summed E-state index contributed by atoms with van der Waals surface area (Å²) in [5, 5.41) is 11.9. The van der Waals surface area contributed by atoms with Gasteiger partial charge in [-0.3, -0.25) is 24.1 Å². The highest BCUT2D eigenvalue weighted by Gasteiger charge is 2.76. The molecule has 1 N–H and O–H groups in total. The van der Waals surface area contributed by atoms with E-state index in [4.69, 9.17) is 32.7 Å². The predicted octanol–water partition coefficient (Wildman–Crippen LogP) is 8.64. The molecular formula is C46H35Cl2FN2O7. The first-order chi connectivity index (χ1) is 27.9. The van der Waals surface area contributed by atoms with E-state index in [1.807, 2.05) is 30.4 Å². The summed E-state index contributed by atoms with van der Waals surface area (Å²) in [7, 11) is 3.17. The summed E-state index contributed by atoms with van der Waals surface area (Å²) in [6.07, 6.45) is 5.59. The van der Waals surface area contributed by atoms with Gasteiger partial charge in [-0.2, -0.15) is 0 Å². The molecule has 6 unspecified atom stereocenters. The summed E-state index contributed by atoms with van der Waals surface area (Å²) >= 11 is 15.1. The molecule has 2 heterocycles. The maximum absolute atomic E-state index is 14.8. The van der Waals surface area contributed by atoms with Crippen molar-refractivity contribution >= 4 is 81.1 Å². The van der Waals surface area contributed by atoms with Crippen molar-refractivity contribution < 1.29 is 38.1 Å². The molecule has 4 aliphatic rings. The maximum Gasteiger partial charge on any atom is 0.258 e. The Bertz CT molecular complexity index is 2630. The van der Waals surface area contributed by atoms with Crippen molar-refractivity contribution in [2.24, 2.45) is 17.8 Å². The lowest BCUT2D eigenvalue weighted by atomic mass is 9.56. The Morgan fingerprint density at radius 1 is 0.759 bits per heavy atom. The number of carbonyl (C=O) groups excluding carboxylic acids is 4. The molecule has 0 radical (unpaired) electrons. The third-order valence-electron chi connectivity index (χ3n) is 12.2. The molecule has 1 saturated carbocycles. The molecule has 6 atom stereocenters. The minimum Gasteiger partial charge on any atom is -0.507 e. The van der Waals surface area contributed by atoms with Gasteiger partial charge < -0.3 is 14.6 Å². The number of rotatable bonds is 7. The fourth-order valence-electron chi connectivity index (χ4n) is 9.45. The molecule has 2 aliphatic heterocycles. The summed E-state index contributed by atoms with van der Waals surface area (Å²) in [4.78, 5) is 56.3. The van der Waals surface area contributed by atoms with E-state index in [-0.39, 0.29) is 30.2 Å². The lowest BCUT2D eigenvalue weighted by molar-refractivity contribution is -0.125. The van der Waals surface area contributed by atoms with E-state index in [0.717, 1.165) is 28.2 Å². The average Bonchev–Trinajstić information content (AvgIpc) is 3.58. The van der Waals surface area contributed by atoms with Crippen LogP contribution in [0.4, 0.5) is 15.8 Å². The molecule has 0 bridgehead atoms. The van der Waals surface area contributed by atoms with Gasteiger partial charge in [0.15, 0.2) is 9.75 Å². The molecule has 4 amide bonds. The number of amides is 4. The van der Waals surface area contributed by atoms with Crippen LogP contribution in [-0.4, -0.2) is 52.7 Å². The van der Waals surface area contributed by atoms with Gasteiger partial charge in [-0.25, -0.2) is 9.29 Å². The molecular weight excluding hydrogens is 782 g/mol. The second-order valence-corrected chi connectivity index (χ2v) is 16.3. The zero-order valence-electron chi connectivity index (χ0n) is 31.2. The number of halogens is 3. The topological polar surface area (TPSA) is 113 Å². The minimum atomic E-state index is -2.11. The van der Waals surface area contributed by atoms with E-state index in [1.165, 1.54) is 23.1 Å². The molecule has 12 heteroatoms. The van der Waals surface area contributed by atoms with Crippen LogP contribution in [0.1, 0.15) is 35.4 Å². The molecule has 292 valence electrons. The number of carbonyl (C=O) groups is 4. The molecule has 9 rings (SSSR count). The Kier molecular flexibility index (Phi) is 8.98. The van der Waals surface area contributed by atoms with Gasteiger partial charge in [-0.05, 0) is 95.9 Å². The number of phenolic OH excluding ortho intramolecular Hbond substituents is 1. The number of methoxy groups -OCH3 is 2. The number of hydrogen-bond acceptors (Lipinski definition) is 7. The highest BCUT2D eigenvalue weighted by molar-refractivity contribution is 6.58. The lowest BCUT2D eigenvalue weighted by Gasteiger charge is -2.51. The fraction of sp³-hybridized carbons (Fsp3) is 0.217. The summed E-state index contributed by atoms with van der Waals surface area (Å²) < 4.78 is 24.9. The average molecular weight is 818 g/mol. The fourth-order valence-corrected chi connectivity index (χ4v) is 10.4. The van der Waals surface area contributed by atoms with Crippen molar-refractivity contribution in [1.29, 1.82) is 0 Å². The standard InChI is InChI=1S/C46H35Cl2FN2O7/c1-57-30-17-22-38(58-2)26(23-30)10-7-25-8-13-28(14-9-25)50-41(53)35-19-18-34-36(39(35)42(50)54)24-45(47)43(55)51(29-15-11-27(49)12-16-29)44(56)46(45,48)40(34)33-20-21-37(52)32-6-4-3-5-31(32)33/h3-18,20-23,35-36,39-40,52H,19,24H2,1-2H3. The van der Waals surface area contributed by atoms with Crippen molar-refractivity contribution in [3.8, 4) is 17.2 Å². The zero-order valence-corrected chi connectivity index (χ0v) is 32.7. The zero-order chi connectivity index (χ0) is 40.7. The highest BCUT2D eigenvalue weighted by atomic mass is 35.5. The first-order valence-corrected chi connectivity index (χ1v) is 19.5. The SMILES string of the molecule is COc1ccc(OC)c(C=Cc2ccc(N3C(=O)C4CC=C5C(CC6(Cl)C(=O)N(c7ccc(F)cc7)C(=O)C6(Cl)C5c5ccc(O)c6ccccc56)C4C3=O)cc2)c1. The second kappa shape index (κ2) is 13.9. The third-order valence-corrected chi connectivity index (χ3v) is 13.6. The van der Waals surface area contributed by atoms with Gasteiger partial charge in [0.1, 0.15) is 23.1 Å². The van der Waals surface area contributed by atoms with Gasteiger partial charge in [0.2, 0.25) is 11.8 Å². The lowest BCUT2D eigenvalue weighted by Crippen LogP contribution is -2.60. The van der Waals surface area contributed by atoms with Crippen LogP contribution in [-0.2, 0) is 19.2 Å². The van der Waals surface area contributed by atoms with E-state index in [9.17, 15) is 28.7 Å². The first kappa shape index (κ1) is 37.6. The minimum absolute atomic E-state index is 0.000612. The Morgan fingerprint density at radius 3 is 2.16 bits per heavy atom. The molecule has 58 heavy (non-hydrogen) atoms.